The van der Waals surface area contributed by atoms with Gasteiger partial charge in [0, 0.05) is 11.2 Å². The lowest BCUT2D eigenvalue weighted by Gasteiger charge is -2.29. The molecule has 2 saturated carbocycles. The summed E-state index contributed by atoms with van der Waals surface area (Å²) in [5.74, 6) is -0.113. The highest BCUT2D eigenvalue weighted by atomic mass is 32.2. The second kappa shape index (κ2) is 8.02. The van der Waals surface area contributed by atoms with Gasteiger partial charge in [-0.15, -0.1) is 0 Å². The molecule has 2 rings (SSSR count). The third-order valence-electron chi connectivity index (χ3n) is 4.80. The first-order chi connectivity index (χ1) is 9.76. The molecule has 2 aliphatic carbocycles. The number of rotatable bonds is 4. The average molecular weight is 299 g/mol. The van der Waals surface area contributed by atoms with E-state index in [0.717, 1.165) is 51.4 Å². The van der Waals surface area contributed by atoms with Crippen molar-refractivity contribution in [1.29, 1.82) is 5.26 Å². The fraction of sp³-hybridized carbons (Fsp3) is 0.812. The second-order valence-corrected chi connectivity index (χ2v) is 7.11. The van der Waals surface area contributed by atoms with E-state index in [0.29, 0.717) is 10.8 Å². The summed E-state index contributed by atoms with van der Waals surface area (Å²) in [6, 6.07) is 0. The zero-order chi connectivity index (χ0) is 14.4. The number of alkyl halides is 1. The molecule has 0 amide bonds. The molecule has 0 aromatic rings. The van der Waals surface area contributed by atoms with Crippen molar-refractivity contribution in [2.45, 2.75) is 63.0 Å². The van der Waals surface area contributed by atoms with Crippen molar-refractivity contribution < 1.29 is 8.78 Å². The molecule has 0 saturated heterocycles. The van der Waals surface area contributed by atoms with Crippen LogP contribution in [-0.4, -0.2) is 11.9 Å². The minimum atomic E-state index is -0.622. The van der Waals surface area contributed by atoms with Crippen molar-refractivity contribution in [3.8, 4) is 5.40 Å². The van der Waals surface area contributed by atoms with E-state index in [1.807, 2.05) is 0 Å². The molecule has 0 N–H and O–H groups in total. The van der Waals surface area contributed by atoms with Gasteiger partial charge in [0.1, 0.15) is 17.9 Å². The van der Waals surface area contributed by atoms with Crippen LogP contribution in [0.2, 0.25) is 0 Å². The molecule has 20 heavy (non-hydrogen) atoms. The van der Waals surface area contributed by atoms with Gasteiger partial charge in [0.2, 0.25) is 0 Å². The van der Waals surface area contributed by atoms with Crippen LogP contribution in [0.1, 0.15) is 57.8 Å². The molecule has 0 spiro atoms. The van der Waals surface area contributed by atoms with E-state index in [1.165, 1.54) is 18.2 Å². The predicted molar refractivity (Wildman–Crippen MR) is 79.6 cm³/mol. The zero-order valence-electron chi connectivity index (χ0n) is 11.9. The first kappa shape index (κ1) is 15.8. The van der Waals surface area contributed by atoms with Crippen molar-refractivity contribution in [2.24, 2.45) is 11.8 Å². The summed E-state index contributed by atoms with van der Waals surface area (Å²) in [5, 5.41) is 11.1. The molecular formula is C16H23F2NS. The molecule has 0 aromatic carbocycles. The minimum Gasteiger partial charge on any atom is -0.246 e. The summed E-state index contributed by atoms with van der Waals surface area (Å²) in [6.45, 7) is -0.622. The van der Waals surface area contributed by atoms with Gasteiger partial charge in [-0.1, -0.05) is 19.3 Å². The number of thioether (sulfide) groups is 1. The highest BCUT2D eigenvalue weighted by molar-refractivity contribution is 8.04. The normalized spacial score (nSPS) is 29.6. The standard InChI is InChI=1S/C16H23F2NS/c17-10-15(12-4-2-1-3-5-12)16(18)13-6-8-14(9-7-13)20-11-19/h12-14H,1-10H2/b16-15-. The zero-order valence-corrected chi connectivity index (χ0v) is 12.7. The van der Waals surface area contributed by atoms with Gasteiger partial charge < -0.3 is 0 Å². The predicted octanol–water partition coefficient (Wildman–Crippen LogP) is 5.53. The molecule has 0 aliphatic heterocycles. The Kier molecular flexibility index (Phi) is 6.35. The van der Waals surface area contributed by atoms with E-state index in [-0.39, 0.29) is 17.7 Å². The van der Waals surface area contributed by atoms with Gasteiger partial charge in [-0.05, 0) is 61.8 Å². The third kappa shape index (κ3) is 3.97. The summed E-state index contributed by atoms with van der Waals surface area (Å²) < 4.78 is 27.9. The van der Waals surface area contributed by atoms with Gasteiger partial charge in [0.05, 0.1) is 0 Å². The summed E-state index contributed by atoms with van der Waals surface area (Å²) in [5.41, 5.74) is 0.459. The lowest BCUT2D eigenvalue weighted by molar-refractivity contribution is 0.315. The van der Waals surface area contributed by atoms with Gasteiger partial charge >= 0.3 is 0 Å². The highest BCUT2D eigenvalue weighted by Gasteiger charge is 2.29. The van der Waals surface area contributed by atoms with Gasteiger partial charge in [-0.3, -0.25) is 0 Å². The smallest absolute Gasteiger partial charge is 0.133 e. The first-order valence-corrected chi connectivity index (χ1v) is 8.63. The van der Waals surface area contributed by atoms with Crippen molar-refractivity contribution in [2.75, 3.05) is 6.67 Å². The Morgan fingerprint density at radius 2 is 1.65 bits per heavy atom. The van der Waals surface area contributed by atoms with Gasteiger partial charge in [-0.25, -0.2) is 8.78 Å². The number of nitriles is 1. The molecule has 2 aliphatic rings. The Hall–Kier alpha value is -0.560. The quantitative estimate of drug-likeness (QED) is 0.637. The largest absolute Gasteiger partial charge is 0.246 e. The Balaban J connectivity index is 1.98. The van der Waals surface area contributed by atoms with Crippen molar-refractivity contribution in [1.82, 2.24) is 0 Å². The Morgan fingerprint density at radius 3 is 2.20 bits per heavy atom. The van der Waals surface area contributed by atoms with Crippen LogP contribution in [0.25, 0.3) is 0 Å². The molecule has 112 valence electrons. The van der Waals surface area contributed by atoms with Crippen LogP contribution in [-0.2, 0) is 0 Å². The number of allylic oxidation sites excluding steroid dienone is 2. The second-order valence-electron chi connectivity index (χ2n) is 6.02. The topological polar surface area (TPSA) is 23.8 Å². The Bertz CT molecular complexity index is 374. The van der Waals surface area contributed by atoms with Gasteiger partial charge in [0.15, 0.2) is 0 Å². The van der Waals surface area contributed by atoms with E-state index in [2.05, 4.69) is 5.40 Å². The fourth-order valence-electron chi connectivity index (χ4n) is 3.59. The molecule has 0 bridgehead atoms. The number of halogens is 2. The van der Waals surface area contributed by atoms with Gasteiger partial charge in [-0.2, -0.15) is 5.26 Å². The van der Waals surface area contributed by atoms with E-state index >= 15 is 0 Å². The maximum absolute atomic E-state index is 14.6. The van der Waals surface area contributed by atoms with Crippen LogP contribution in [0.15, 0.2) is 11.4 Å². The van der Waals surface area contributed by atoms with Crippen LogP contribution < -0.4 is 0 Å². The summed E-state index contributed by atoms with van der Waals surface area (Å²) >= 11 is 1.30. The lowest BCUT2D eigenvalue weighted by Crippen LogP contribution is -2.20. The number of hydrogen-bond donors (Lipinski definition) is 0. The number of hydrogen-bond acceptors (Lipinski definition) is 2. The Morgan fingerprint density at radius 1 is 1.00 bits per heavy atom. The molecule has 0 aromatic heterocycles. The summed E-state index contributed by atoms with van der Waals surface area (Å²) in [4.78, 5) is 0. The summed E-state index contributed by atoms with van der Waals surface area (Å²) in [7, 11) is 0. The highest BCUT2D eigenvalue weighted by Crippen LogP contribution is 2.40. The molecule has 0 atom stereocenters. The molecule has 2 fully saturated rings. The SMILES string of the molecule is N#CSC1CCC(/C(F)=C(\CF)C2CCCCC2)CC1. The number of thiocyanates is 1. The van der Waals surface area contributed by atoms with E-state index < -0.39 is 6.67 Å². The van der Waals surface area contributed by atoms with Crippen LogP contribution in [0.5, 0.6) is 0 Å². The van der Waals surface area contributed by atoms with E-state index in [1.54, 1.807) is 0 Å². The average Bonchev–Trinajstić information content (AvgIpc) is 2.50. The third-order valence-corrected chi connectivity index (χ3v) is 5.71. The van der Waals surface area contributed by atoms with Crippen molar-refractivity contribution in [3.05, 3.63) is 11.4 Å². The van der Waals surface area contributed by atoms with Crippen molar-refractivity contribution in [3.63, 3.8) is 0 Å². The monoisotopic (exact) mass is 299 g/mol. The minimum absolute atomic E-state index is 0.0989. The molecular weight excluding hydrogens is 276 g/mol. The maximum Gasteiger partial charge on any atom is 0.133 e. The molecule has 0 radical (unpaired) electrons. The Labute approximate surface area is 124 Å². The molecule has 4 heteroatoms. The fourth-order valence-corrected chi connectivity index (χ4v) is 4.25. The molecule has 0 unspecified atom stereocenters. The van der Waals surface area contributed by atoms with Gasteiger partial charge in [0.25, 0.3) is 0 Å². The van der Waals surface area contributed by atoms with E-state index in [4.69, 9.17) is 5.26 Å². The molecule has 0 heterocycles. The van der Waals surface area contributed by atoms with Crippen LogP contribution in [0.3, 0.4) is 0 Å². The molecule has 1 nitrogen and oxygen atoms in total. The number of nitrogens with zero attached hydrogens (tertiary/aromatic N) is 1. The van der Waals surface area contributed by atoms with Crippen LogP contribution in [0.4, 0.5) is 8.78 Å². The maximum atomic E-state index is 14.6. The van der Waals surface area contributed by atoms with Crippen LogP contribution in [0, 0.1) is 22.5 Å². The lowest BCUT2D eigenvalue weighted by atomic mass is 9.80. The van der Waals surface area contributed by atoms with E-state index in [9.17, 15) is 8.78 Å². The van der Waals surface area contributed by atoms with Crippen molar-refractivity contribution >= 4 is 11.8 Å². The van der Waals surface area contributed by atoms with Crippen LogP contribution >= 0.6 is 11.8 Å². The summed E-state index contributed by atoms with van der Waals surface area (Å²) in [6.07, 6.45) is 8.59. The first-order valence-electron chi connectivity index (χ1n) is 7.75.